The largest absolute Gasteiger partial charge is 0.391 e. The first-order chi connectivity index (χ1) is 10.0. The molecule has 0 aliphatic heterocycles. The minimum absolute atomic E-state index is 0.139. The van der Waals surface area contributed by atoms with Gasteiger partial charge in [0.1, 0.15) is 5.69 Å². The number of hydrogen-bond donors (Lipinski definition) is 3. The molecule has 0 spiro atoms. The lowest BCUT2D eigenvalue weighted by Gasteiger charge is -2.13. The van der Waals surface area contributed by atoms with Crippen LogP contribution in [0.5, 0.6) is 0 Å². The van der Waals surface area contributed by atoms with Crippen LogP contribution in [0.2, 0.25) is 0 Å². The predicted molar refractivity (Wildman–Crippen MR) is 79.4 cm³/mol. The third kappa shape index (κ3) is 4.01. The van der Waals surface area contributed by atoms with Gasteiger partial charge in [0.2, 0.25) is 11.8 Å². The van der Waals surface area contributed by atoms with E-state index in [4.69, 9.17) is 0 Å². The van der Waals surface area contributed by atoms with Crippen LogP contribution in [0.4, 0.5) is 17.5 Å². The number of aryl methyl sites for hydroxylation is 1. The van der Waals surface area contributed by atoms with Gasteiger partial charge in [-0.1, -0.05) is 6.92 Å². The zero-order valence-corrected chi connectivity index (χ0v) is 12.3. The van der Waals surface area contributed by atoms with E-state index in [0.717, 1.165) is 19.3 Å². The summed E-state index contributed by atoms with van der Waals surface area (Å²) < 4.78 is 0. The quantitative estimate of drug-likeness (QED) is 0.494. The van der Waals surface area contributed by atoms with Crippen LogP contribution < -0.4 is 10.6 Å². The summed E-state index contributed by atoms with van der Waals surface area (Å²) >= 11 is 0. The van der Waals surface area contributed by atoms with Gasteiger partial charge in [0.15, 0.2) is 0 Å². The van der Waals surface area contributed by atoms with Crippen LogP contribution in [-0.4, -0.2) is 39.2 Å². The van der Waals surface area contributed by atoms with Crippen molar-refractivity contribution < 1.29 is 10.0 Å². The molecule has 1 saturated carbocycles. The van der Waals surface area contributed by atoms with E-state index in [9.17, 15) is 15.2 Å². The van der Waals surface area contributed by atoms with Crippen molar-refractivity contribution in [2.24, 2.45) is 5.92 Å². The van der Waals surface area contributed by atoms with Crippen LogP contribution >= 0.6 is 0 Å². The number of anilines is 2. The lowest BCUT2D eigenvalue weighted by Crippen LogP contribution is -2.23. The average Bonchev–Trinajstić information content (AvgIpc) is 3.26. The Hall–Kier alpha value is -1.96. The second kappa shape index (κ2) is 6.66. The van der Waals surface area contributed by atoms with E-state index in [2.05, 4.69) is 20.6 Å². The fraction of sp³-hybridized carbons (Fsp3) is 0.692. The number of aromatic nitrogens is 2. The summed E-state index contributed by atoms with van der Waals surface area (Å²) in [5, 5.41) is 26.9. The molecule has 8 nitrogen and oxygen atoms in total. The number of rotatable bonds is 8. The molecule has 1 aromatic rings. The van der Waals surface area contributed by atoms with Gasteiger partial charge in [0.05, 0.1) is 11.0 Å². The maximum Gasteiger partial charge on any atom is 0.332 e. The number of aliphatic hydroxyl groups is 1. The highest BCUT2D eigenvalue weighted by Crippen LogP contribution is 2.33. The number of nitrogens with one attached hydrogen (secondary N) is 2. The normalized spacial score (nSPS) is 15.6. The SMILES string of the molecule is CCCNc1nc(C)c([N+](=O)[O-])c(NCC(O)C2CC2)n1. The molecule has 0 bridgehead atoms. The Morgan fingerprint density at radius 3 is 2.71 bits per heavy atom. The lowest BCUT2D eigenvalue weighted by molar-refractivity contribution is -0.385. The summed E-state index contributed by atoms with van der Waals surface area (Å²) in [6, 6.07) is 0. The molecular weight excluding hydrogens is 274 g/mol. The molecule has 0 amide bonds. The van der Waals surface area contributed by atoms with Crippen molar-refractivity contribution >= 4 is 17.5 Å². The molecule has 1 aliphatic carbocycles. The van der Waals surface area contributed by atoms with E-state index in [1.807, 2.05) is 6.92 Å². The molecule has 1 aliphatic rings. The molecule has 1 heterocycles. The first-order valence-corrected chi connectivity index (χ1v) is 7.21. The van der Waals surface area contributed by atoms with E-state index in [1.165, 1.54) is 0 Å². The highest BCUT2D eigenvalue weighted by molar-refractivity contribution is 5.60. The third-order valence-corrected chi connectivity index (χ3v) is 3.42. The molecule has 1 unspecified atom stereocenters. The van der Waals surface area contributed by atoms with Crippen molar-refractivity contribution in [3.8, 4) is 0 Å². The fourth-order valence-electron chi connectivity index (χ4n) is 2.07. The van der Waals surface area contributed by atoms with Gasteiger partial charge in [0.25, 0.3) is 0 Å². The molecule has 0 radical (unpaired) electrons. The Balaban J connectivity index is 2.17. The van der Waals surface area contributed by atoms with Crippen LogP contribution in [0.25, 0.3) is 0 Å². The molecule has 116 valence electrons. The van der Waals surface area contributed by atoms with Crippen LogP contribution in [0.3, 0.4) is 0 Å². The maximum absolute atomic E-state index is 11.2. The van der Waals surface area contributed by atoms with Crippen LogP contribution in [0, 0.1) is 23.0 Å². The van der Waals surface area contributed by atoms with E-state index in [0.29, 0.717) is 24.1 Å². The smallest absolute Gasteiger partial charge is 0.332 e. The number of nitrogens with zero attached hydrogens (tertiary/aromatic N) is 3. The van der Waals surface area contributed by atoms with Crippen LogP contribution in [-0.2, 0) is 0 Å². The molecule has 1 aromatic heterocycles. The second-order valence-corrected chi connectivity index (χ2v) is 5.30. The van der Waals surface area contributed by atoms with E-state index in [-0.39, 0.29) is 18.1 Å². The molecule has 3 N–H and O–H groups in total. The highest BCUT2D eigenvalue weighted by atomic mass is 16.6. The Labute approximate surface area is 123 Å². The zero-order valence-electron chi connectivity index (χ0n) is 12.3. The van der Waals surface area contributed by atoms with Crippen molar-refractivity contribution in [3.05, 3.63) is 15.8 Å². The minimum Gasteiger partial charge on any atom is -0.391 e. The van der Waals surface area contributed by atoms with Gasteiger partial charge in [-0.25, -0.2) is 4.98 Å². The van der Waals surface area contributed by atoms with E-state index in [1.54, 1.807) is 6.92 Å². The summed E-state index contributed by atoms with van der Waals surface area (Å²) in [5.41, 5.74) is 0.164. The molecule has 2 rings (SSSR count). The Morgan fingerprint density at radius 1 is 1.43 bits per heavy atom. The highest BCUT2D eigenvalue weighted by Gasteiger charge is 2.30. The summed E-state index contributed by atoms with van der Waals surface area (Å²) in [6.07, 6.45) is 2.43. The minimum atomic E-state index is -0.495. The Morgan fingerprint density at radius 2 is 2.14 bits per heavy atom. The van der Waals surface area contributed by atoms with Crippen LogP contribution in [0.15, 0.2) is 0 Å². The Bertz CT molecular complexity index is 519. The van der Waals surface area contributed by atoms with E-state index < -0.39 is 11.0 Å². The summed E-state index contributed by atoms with van der Waals surface area (Å²) in [5.74, 6) is 0.825. The van der Waals surface area contributed by atoms with Crippen molar-refractivity contribution in [2.45, 2.75) is 39.2 Å². The van der Waals surface area contributed by atoms with Gasteiger partial charge < -0.3 is 15.7 Å². The van der Waals surface area contributed by atoms with Gasteiger partial charge in [-0.3, -0.25) is 10.1 Å². The fourth-order valence-corrected chi connectivity index (χ4v) is 2.07. The van der Waals surface area contributed by atoms with Gasteiger partial charge in [0, 0.05) is 13.1 Å². The maximum atomic E-state index is 11.2. The van der Waals surface area contributed by atoms with Crippen molar-refractivity contribution in [3.63, 3.8) is 0 Å². The first kappa shape index (κ1) is 15.4. The number of aliphatic hydroxyl groups excluding tert-OH is 1. The van der Waals surface area contributed by atoms with E-state index >= 15 is 0 Å². The topological polar surface area (TPSA) is 113 Å². The predicted octanol–water partition coefficient (Wildman–Crippen LogP) is 1.70. The lowest BCUT2D eigenvalue weighted by atomic mass is 10.2. The number of hydrogen-bond acceptors (Lipinski definition) is 7. The average molecular weight is 295 g/mol. The molecule has 1 atom stereocenters. The zero-order chi connectivity index (χ0) is 15.4. The van der Waals surface area contributed by atoms with Gasteiger partial charge >= 0.3 is 5.69 Å². The summed E-state index contributed by atoms with van der Waals surface area (Å²) in [7, 11) is 0. The molecular formula is C13H21N5O3. The standard InChI is InChI=1S/C13H21N5O3/c1-3-6-14-13-16-8(2)11(18(20)21)12(17-13)15-7-10(19)9-4-5-9/h9-10,19H,3-7H2,1-2H3,(H2,14,15,16,17). The second-order valence-electron chi connectivity index (χ2n) is 5.30. The van der Waals surface area contributed by atoms with Crippen molar-refractivity contribution in [1.29, 1.82) is 0 Å². The van der Waals surface area contributed by atoms with Gasteiger partial charge in [-0.2, -0.15) is 4.98 Å². The Kier molecular flexibility index (Phi) is 4.89. The van der Waals surface area contributed by atoms with Gasteiger partial charge in [-0.05, 0) is 32.1 Å². The molecule has 8 heteroatoms. The first-order valence-electron chi connectivity index (χ1n) is 7.21. The van der Waals surface area contributed by atoms with Gasteiger partial charge in [-0.15, -0.1) is 0 Å². The van der Waals surface area contributed by atoms with Crippen LogP contribution in [0.1, 0.15) is 31.9 Å². The molecule has 0 saturated heterocycles. The molecule has 21 heavy (non-hydrogen) atoms. The summed E-state index contributed by atoms with van der Waals surface area (Å²) in [4.78, 5) is 18.9. The summed E-state index contributed by atoms with van der Waals surface area (Å²) in [6.45, 7) is 4.55. The number of nitro groups is 1. The monoisotopic (exact) mass is 295 g/mol. The molecule has 0 aromatic carbocycles. The third-order valence-electron chi connectivity index (χ3n) is 3.42. The van der Waals surface area contributed by atoms with Crippen molar-refractivity contribution in [1.82, 2.24) is 9.97 Å². The molecule has 1 fully saturated rings. The van der Waals surface area contributed by atoms with Crippen molar-refractivity contribution in [2.75, 3.05) is 23.7 Å².